The molecule has 1 aliphatic rings. The fourth-order valence-electron chi connectivity index (χ4n) is 1.09. The largest absolute Gasteiger partial charge is 0.297 e. The van der Waals surface area contributed by atoms with Crippen molar-refractivity contribution < 1.29 is 4.79 Å². The van der Waals surface area contributed by atoms with Gasteiger partial charge >= 0.3 is 0 Å². The Balaban J connectivity index is 2.56. The summed E-state index contributed by atoms with van der Waals surface area (Å²) in [5.74, 6) is -0.863. The van der Waals surface area contributed by atoms with E-state index in [-0.39, 0.29) is 11.7 Å². The van der Waals surface area contributed by atoms with E-state index in [0.717, 1.165) is 6.42 Å². The van der Waals surface area contributed by atoms with Crippen LogP contribution in [0, 0.1) is 40.4 Å². The molecule has 0 heterocycles. The lowest BCUT2D eigenvalue weighted by Gasteiger charge is -1.94. The van der Waals surface area contributed by atoms with Gasteiger partial charge < -0.3 is 0 Å². The van der Waals surface area contributed by atoms with Crippen molar-refractivity contribution in [2.24, 2.45) is 17.8 Å². The number of Topliss-reactive ketones (excluding diaryl/α,β-unsaturated/α-hetero) is 1. The standard InChI is InChI=1S/C8H8N2O/c1-5-2-7(5)8(11)6(3-9)4-10/h5-7H,2H2,1H3. The first kappa shape index (κ1) is 7.75. The Bertz CT molecular complexity index is 244. The molecule has 0 bridgehead atoms. The maximum atomic E-state index is 11.1. The van der Waals surface area contributed by atoms with Gasteiger partial charge in [-0.2, -0.15) is 10.5 Å². The molecule has 11 heavy (non-hydrogen) atoms. The molecule has 56 valence electrons. The third-order valence-electron chi connectivity index (χ3n) is 2.02. The van der Waals surface area contributed by atoms with Gasteiger partial charge in [-0.1, -0.05) is 6.92 Å². The Labute approximate surface area is 65.2 Å². The van der Waals surface area contributed by atoms with Gasteiger partial charge in [0.2, 0.25) is 0 Å². The average molecular weight is 148 g/mol. The van der Waals surface area contributed by atoms with Crippen LogP contribution in [0.3, 0.4) is 0 Å². The lowest BCUT2D eigenvalue weighted by atomic mass is 10.0. The van der Waals surface area contributed by atoms with Crippen LogP contribution >= 0.6 is 0 Å². The van der Waals surface area contributed by atoms with E-state index < -0.39 is 5.92 Å². The fourth-order valence-corrected chi connectivity index (χ4v) is 1.09. The SMILES string of the molecule is CC1CC1C(=O)C(C#N)C#N. The third kappa shape index (κ3) is 1.38. The lowest BCUT2D eigenvalue weighted by molar-refractivity contribution is -0.121. The molecule has 2 atom stereocenters. The molecule has 0 aromatic heterocycles. The van der Waals surface area contributed by atoms with Crippen LogP contribution in [0.25, 0.3) is 0 Å². The van der Waals surface area contributed by atoms with Gasteiger partial charge in [0.1, 0.15) is 0 Å². The van der Waals surface area contributed by atoms with Crippen molar-refractivity contribution in [3.05, 3.63) is 0 Å². The van der Waals surface area contributed by atoms with Gasteiger partial charge in [-0.05, 0) is 12.3 Å². The zero-order valence-electron chi connectivity index (χ0n) is 6.24. The van der Waals surface area contributed by atoms with Crippen LogP contribution in [0.5, 0.6) is 0 Å². The van der Waals surface area contributed by atoms with E-state index in [1.807, 2.05) is 6.92 Å². The monoisotopic (exact) mass is 148 g/mol. The van der Waals surface area contributed by atoms with E-state index in [9.17, 15) is 4.79 Å². The minimum absolute atomic E-state index is 0.0145. The molecule has 0 radical (unpaired) electrons. The summed E-state index contributed by atoms with van der Waals surface area (Å²) in [4.78, 5) is 11.1. The summed E-state index contributed by atoms with van der Waals surface area (Å²) in [5.41, 5.74) is 0. The van der Waals surface area contributed by atoms with Gasteiger partial charge in [0.15, 0.2) is 11.7 Å². The van der Waals surface area contributed by atoms with Crippen molar-refractivity contribution in [1.29, 1.82) is 10.5 Å². The minimum atomic E-state index is -1.04. The molecule has 0 saturated heterocycles. The van der Waals surface area contributed by atoms with Crippen LogP contribution in [0.15, 0.2) is 0 Å². The van der Waals surface area contributed by atoms with E-state index in [4.69, 9.17) is 10.5 Å². The van der Waals surface area contributed by atoms with Crippen LogP contribution in [0.2, 0.25) is 0 Å². The first-order valence-corrected chi connectivity index (χ1v) is 3.53. The highest BCUT2D eigenvalue weighted by molar-refractivity contribution is 5.90. The average Bonchev–Trinajstić information content (AvgIpc) is 2.69. The van der Waals surface area contributed by atoms with Crippen LogP contribution in [-0.2, 0) is 4.79 Å². The Hall–Kier alpha value is -1.35. The second-order valence-corrected chi connectivity index (χ2v) is 2.91. The van der Waals surface area contributed by atoms with E-state index >= 15 is 0 Å². The third-order valence-corrected chi connectivity index (χ3v) is 2.02. The smallest absolute Gasteiger partial charge is 0.191 e. The van der Waals surface area contributed by atoms with Gasteiger partial charge in [-0.15, -0.1) is 0 Å². The van der Waals surface area contributed by atoms with Crippen LogP contribution in [-0.4, -0.2) is 5.78 Å². The zero-order valence-corrected chi connectivity index (χ0v) is 6.24. The van der Waals surface area contributed by atoms with Gasteiger partial charge in [0, 0.05) is 5.92 Å². The summed E-state index contributed by atoms with van der Waals surface area (Å²) < 4.78 is 0. The van der Waals surface area contributed by atoms with E-state index in [2.05, 4.69) is 0 Å². The van der Waals surface area contributed by atoms with E-state index in [1.165, 1.54) is 0 Å². The number of carbonyl (C=O) groups excluding carboxylic acids is 1. The molecule has 0 amide bonds. The topological polar surface area (TPSA) is 64.7 Å². The molecule has 3 heteroatoms. The molecule has 0 aliphatic heterocycles. The second-order valence-electron chi connectivity index (χ2n) is 2.91. The van der Waals surface area contributed by atoms with Gasteiger partial charge in [0.25, 0.3) is 0 Å². The number of ketones is 1. The maximum absolute atomic E-state index is 11.1. The zero-order chi connectivity index (χ0) is 8.43. The molecule has 1 saturated carbocycles. The molecule has 0 aromatic rings. The molecule has 1 aliphatic carbocycles. The highest BCUT2D eigenvalue weighted by Gasteiger charge is 2.42. The van der Waals surface area contributed by atoms with Gasteiger partial charge in [0.05, 0.1) is 12.1 Å². The highest BCUT2D eigenvalue weighted by Crippen LogP contribution is 2.39. The van der Waals surface area contributed by atoms with Crippen molar-refractivity contribution in [3.8, 4) is 12.1 Å². The van der Waals surface area contributed by atoms with Crippen molar-refractivity contribution >= 4 is 5.78 Å². The minimum Gasteiger partial charge on any atom is -0.297 e. The molecule has 2 unspecified atom stereocenters. The van der Waals surface area contributed by atoms with E-state index in [1.54, 1.807) is 12.1 Å². The highest BCUT2D eigenvalue weighted by atomic mass is 16.1. The maximum Gasteiger partial charge on any atom is 0.191 e. The predicted octanol–water partition coefficient (Wildman–Crippen LogP) is 0.875. The number of nitrogens with zero attached hydrogens (tertiary/aromatic N) is 2. The summed E-state index contributed by atoms with van der Waals surface area (Å²) >= 11 is 0. The molecule has 1 rings (SSSR count). The summed E-state index contributed by atoms with van der Waals surface area (Å²) in [7, 11) is 0. The Morgan fingerprint density at radius 1 is 1.55 bits per heavy atom. The van der Waals surface area contributed by atoms with Crippen LogP contribution in [0.1, 0.15) is 13.3 Å². The Morgan fingerprint density at radius 2 is 2.00 bits per heavy atom. The number of carbonyl (C=O) groups is 1. The summed E-state index contributed by atoms with van der Waals surface area (Å²) in [5, 5.41) is 16.7. The summed E-state index contributed by atoms with van der Waals surface area (Å²) in [6, 6.07) is 3.37. The Kier molecular flexibility index (Phi) is 1.92. The molecule has 0 N–H and O–H groups in total. The molecule has 3 nitrogen and oxygen atoms in total. The number of rotatable bonds is 2. The molecule has 0 spiro atoms. The van der Waals surface area contributed by atoms with Crippen LogP contribution < -0.4 is 0 Å². The second kappa shape index (κ2) is 2.72. The van der Waals surface area contributed by atoms with Crippen molar-refractivity contribution in [2.45, 2.75) is 13.3 Å². The van der Waals surface area contributed by atoms with Crippen molar-refractivity contribution in [3.63, 3.8) is 0 Å². The molecular weight excluding hydrogens is 140 g/mol. The van der Waals surface area contributed by atoms with Crippen LogP contribution in [0.4, 0.5) is 0 Å². The first-order valence-electron chi connectivity index (χ1n) is 3.53. The number of nitriles is 2. The lowest BCUT2D eigenvalue weighted by Crippen LogP contribution is -2.13. The van der Waals surface area contributed by atoms with Crippen molar-refractivity contribution in [2.75, 3.05) is 0 Å². The normalized spacial score (nSPS) is 27.3. The first-order chi connectivity index (χ1) is 5.20. The van der Waals surface area contributed by atoms with Gasteiger partial charge in [-0.3, -0.25) is 4.79 Å². The molecular formula is C8H8N2O. The Morgan fingerprint density at radius 3 is 2.27 bits per heavy atom. The van der Waals surface area contributed by atoms with Gasteiger partial charge in [-0.25, -0.2) is 0 Å². The molecule has 1 fully saturated rings. The summed E-state index contributed by atoms with van der Waals surface area (Å²) in [6.45, 7) is 1.95. The fraction of sp³-hybridized carbons (Fsp3) is 0.625. The van der Waals surface area contributed by atoms with E-state index in [0.29, 0.717) is 5.92 Å². The molecule has 0 aromatic carbocycles. The summed E-state index contributed by atoms with van der Waals surface area (Å²) in [6.07, 6.45) is 0.846. The quantitative estimate of drug-likeness (QED) is 0.583. The van der Waals surface area contributed by atoms with Crippen molar-refractivity contribution in [1.82, 2.24) is 0 Å². The predicted molar refractivity (Wildman–Crippen MR) is 37.0 cm³/mol. The number of hydrogen-bond acceptors (Lipinski definition) is 3. The number of hydrogen-bond donors (Lipinski definition) is 0.